The maximum Gasteiger partial charge on any atom is 0.194 e. The van der Waals surface area contributed by atoms with Gasteiger partial charge in [0.05, 0.1) is 18.1 Å². The second-order valence-corrected chi connectivity index (χ2v) is 5.73. The van der Waals surface area contributed by atoms with E-state index < -0.39 is 0 Å². The van der Waals surface area contributed by atoms with Gasteiger partial charge >= 0.3 is 0 Å². The van der Waals surface area contributed by atoms with E-state index in [0.717, 1.165) is 16.8 Å². The first-order valence-electron chi connectivity index (χ1n) is 6.81. The van der Waals surface area contributed by atoms with Crippen molar-refractivity contribution in [2.45, 2.75) is 0 Å². The Morgan fingerprint density at radius 3 is 2.52 bits per heavy atom. The van der Waals surface area contributed by atoms with Crippen LogP contribution in [-0.4, -0.2) is 26.7 Å². The molecule has 5 nitrogen and oxygen atoms in total. The standard InChI is InChI=1S/C16H10Cl2N4O/c1-23-11-5-2-9(3-6-11)15-20-16-14(18)19-12-7-4-10(17)8-13(12)22(16)21-15/h2-8H,1H3. The zero-order chi connectivity index (χ0) is 16.0. The number of hydrogen-bond acceptors (Lipinski definition) is 4. The molecule has 0 unspecified atom stereocenters. The number of ether oxygens (including phenoxy) is 1. The van der Waals surface area contributed by atoms with E-state index in [-0.39, 0.29) is 0 Å². The molecule has 0 aliphatic rings. The summed E-state index contributed by atoms with van der Waals surface area (Å²) in [6.45, 7) is 0. The third-order valence-corrected chi connectivity index (χ3v) is 4.01. The Hall–Kier alpha value is -2.37. The van der Waals surface area contributed by atoms with Crippen molar-refractivity contribution in [1.29, 1.82) is 0 Å². The molecule has 4 rings (SSSR count). The van der Waals surface area contributed by atoms with Crippen LogP contribution in [0.25, 0.3) is 28.1 Å². The minimum atomic E-state index is 0.298. The predicted molar refractivity (Wildman–Crippen MR) is 90.3 cm³/mol. The van der Waals surface area contributed by atoms with Crippen LogP contribution in [0.5, 0.6) is 5.75 Å². The molecule has 0 N–H and O–H groups in total. The molecule has 2 aromatic carbocycles. The Morgan fingerprint density at radius 1 is 1.00 bits per heavy atom. The average molecular weight is 345 g/mol. The van der Waals surface area contributed by atoms with Gasteiger partial charge in [-0.05, 0) is 42.5 Å². The van der Waals surface area contributed by atoms with Gasteiger partial charge in [0.2, 0.25) is 0 Å². The Labute approximate surface area is 141 Å². The van der Waals surface area contributed by atoms with Gasteiger partial charge in [0.25, 0.3) is 0 Å². The van der Waals surface area contributed by atoms with E-state index in [9.17, 15) is 0 Å². The van der Waals surface area contributed by atoms with Gasteiger partial charge in [-0.3, -0.25) is 0 Å². The van der Waals surface area contributed by atoms with E-state index in [1.807, 2.05) is 24.3 Å². The molecule has 2 heterocycles. The summed E-state index contributed by atoms with van der Waals surface area (Å²) in [4.78, 5) is 8.83. The van der Waals surface area contributed by atoms with Crippen LogP contribution >= 0.6 is 23.2 Å². The summed E-state index contributed by atoms with van der Waals surface area (Å²) in [5, 5.41) is 5.45. The predicted octanol–water partition coefficient (Wildman–Crippen LogP) is 4.26. The van der Waals surface area contributed by atoms with Gasteiger partial charge in [0.1, 0.15) is 5.75 Å². The highest BCUT2D eigenvalue weighted by atomic mass is 35.5. The second kappa shape index (κ2) is 5.37. The van der Waals surface area contributed by atoms with E-state index in [0.29, 0.717) is 27.2 Å². The molecule has 0 saturated carbocycles. The summed E-state index contributed by atoms with van der Waals surface area (Å²) in [7, 11) is 1.62. The molecular formula is C16H10Cl2N4O. The molecule has 0 aliphatic carbocycles. The Balaban J connectivity index is 1.97. The normalized spacial score (nSPS) is 11.3. The first-order chi connectivity index (χ1) is 11.2. The molecule has 0 spiro atoms. The number of fused-ring (bicyclic) bond motifs is 3. The van der Waals surface area contributed by atoms with Crippen LogP contribution in [0.15, 0.2) is 42.5 Å². The maximum absolute atomic E-state index is 6.24. The quantitative estimate of drug-likeness (QED) is 0.545. The van der Waals surface area contributed by atoms with Gasteiger partial charge in [0, 0.05) is 10.6 Å². The third-order valence-electron chi connectivity index (χ3n) is 3.52. The first kappa shape index (κ1) is 14.2. The monoisotopic (exact) mass is 344 g/mol. The van der Waals surface area contributed by atoms with Crippen molar-refractivity contribution in [3.63, 3.8) is 0 Å². The molecular weight excluding hydrogens is 335 g/mol. The fourth-order valence-electron chi connectivity index (χ4n) is 2.39. The van der Waals surface area contributed by atoms with Crippen molar-refractivity contribution >= 4 is 39.9 Å². The van der Waals surface area contributed by atoms with Crippen molar-refractivity contribution in [3.8, 4) is 17.1 Å². The van der Waals surface area contributed by atoms with E-state index in [1.165, 1.54) is 0 Å². The van der Waals surface area contributed by atoms with Crippen LogP contribution in [0.3, 0.4) is 0 Å². The van der Waals surface area contributed by atoms with Crippen molar-refractivity contribution in [3.05, 3.63) is 52.6 Å². The third kappa shape index (κ3) is 2.38. The van der Waals surface area contributed by atoms with Crippen molar-refractivity contribution in [2.75, 3.05) is 7.11 Å². The van der Waals surface area contributed by atoms with Crippen LogP contribution < -0.4 is 4.74 Å². The number of nitrogens with zero attached hydrogens (tertiary/aromatic N) is 4. The number of rotatable bonds is 2. The lowest BCUT2D eigenvalue weighted by molar-refractivity contribution is 0.415. The number of aromatic nitrogens is 4. The number of hydrogen-bond donors (Lipinski definition) is 0. The summed E-state index contributed by atoms with van der Waals surface area (Å²) in [6.07, 6.45) is 0. The van der Waals surface area contributed by atoms with E-state index in [1.54, 1.807) is 29.8 Å². The Morgan fingerprint density at radius 2 is 1.78 bits per heavy atom. The molecule has 0 saturated heterocycles. The SMILES string of the molecule is COc1ccc(-c2nc3c(Cl)nc4ccc(Cl)cc4n3n2)cc1. The van der Waals surface area contributed by atoms with Crippen LogP contribution in [0.2, 0.25) is 10.2 Å². The minimum Gasteiger partial charge on any atom is -0.497 e. The molecule has 23 heavy (non-hydrogen) atoms. The topological polar surface area (TPSA) is 52.3 Å². The van der Waals surface area contributed by atoms with E-state index in [4.69, 9.17) is 27.9 Å². The van der Waals surface area contributed by atoms with Gasteiger partial charge in [-0.1, -0.05) is 23.2 Å². The smallest absolute Gasteiger partial charge is 0.194 e. The lowest BCUT2D eigenvalue weighted by Gasteiger charge is -2.01. The molecule has 0 bridgehead atoms. The zero-order valence-electron chi connectivity index (χ0n) is 12.0. The largest absolute Gasteiger partial charge is 0.497 e. The first-order valence-corrected chi connectivity index (χ1v) is 7.57. The maximum atomic E-state index is 6.24. The second-order valence-electron chi connectivity index (χ2n) is 4.93. The van der Waals surface area contributed by atoms with Crippen LogP contribution in [0.4, 0.5) is 0 Å². The highest BCUT2D eigenvalue weighted by Crippen LogP contribution is 2.26. The summed E-state index contributed by atoms with van der Waals surface area (Å²) in [6, 6.07) is 12.9. The minimum absolute atomic E-state index is 0.298. The Bertz CT molecular complexity index is 1030. The van der Waals surface area contributed by atoms with Crippen LogP contribution in [-0.2, 0) is 0 Å². The molecule has 7 heteroatoms. The molecule has 4 aromatic rings. The number of methoxy groups -OCH3 is 1. The average Bonchev–Trinajstić information content (AvgIpc) is 3.02. The molecule has 0 atom stereocenters. The Kier molecular flexibility index (Phi) is 3.32. The van der Waals surface area contributed by atoms with Crippen LogP contribution in [0, 0.1) is 0 Å². The molecule has 114 valence electrons. The van der Waals surface area contributed by atoms with Crippen molar-refractivity contribution < 1.29 is 4.74 Å². The molecule has 0 radical (unpaired) electrons. The summed E-state index contributed by atoms with van der Waals surface area (Å²) < 4.78 is 6.82. The van der Waals surface area contributed by atoms with Gasteiger partial charge in [-0.2, -0.15) is 0 Å². The molecule has 2 aromatic heterocycles. The fourth-order valence-corrected chi connectivity index (χ4v) is 2.77. The van der Waals surface area contributed by atoms with Crippen molar-refractivity contribution in [2.24, 2.45) is 0 Å². The lowest BCUT2D eigenvalue weighted by Crippen LogP contribution is -1.94. The molecule has 0 aliphatic heterocycles. The summed E-state index contributed by atoms with van der Waals surface area (Å²) >= 11 is 12.3. The highest BCUT2D eigenvalue weighted by Gasteiger charge is 2.14. The molecule has 0 amide bonds. The lowest BCUT2D eigenvalue weighted by atomic mass is 10.2. The van der Waals surface area contributed by atoms with E-state index >= 15 is 0 Å². The fraction of sp³-hybridized carbons (Fsp3) is 0.0625. The number of benzene rings is 2. The van der Waals surface area contributed by atoms with Gasteiger partial charge in [-0.25, -0.2) is 14.5 Å². The summed E-state index contributed by atoms with van der Waals surface area (Å²) in [5.74, 6) is 1.33. The van der Waals surface area contributed by atoms with Gasteiger partial charge in [-0.15, -0.1) is 5.10 Å². The van der Waals surface area contributed by atoms with Crippen molar-refractivity contribution in [1.82, 2.24) is 19.6 Å². The summed E-state index contributed by atoms with van der Waals surface area (Å²) in [5.41, 5.74) is 2.82. The molecule has 0 fully saturated rings. The van der Waals surface area contributed by atoms with Gasteiger partial charge < -0.3 is 4.74 Å². The van der Waals surface area contributed by atoms with Crippen LogP contribution in [0.1, 0.15) is 0 Å². The highest BCUT2D eigenvalue weighted by molar-refractivity contribution is 6.33. The van der Waals surface area contributed by atoms with Gasteiger partial charge in [0.15, 0.2) is 16.6 Å². The zero-order valence-corrected chi connectivity index (χ0v) is 13.5. The van der Waals surface area contributed by atoms with E-state index in [2.05, 4.69) is 15.1 Å². The number of halogens is 2.